The predicted molar refractivity (Wildman–Crippen MR) is 116 cm³/mol. The van der Waals surface area contributed by atoms with Crippen molar-refractivity contribution in [2.24, 2.45) is 0 Å². The summed E-state index contributed by atoms with van der Waals surface area (Å²) in [6, 6.07) is 23.3. The van der Waals surface area contributed by atoms with E-state index < -0.39 is 6.09 Å². The molecule has 0 atom stereocenters. The Bertz CT molecular complexity index is 939. The van der Waals surface area contributed by atoms with E-state index in [-0.39, 0.29) is 19.1 Å². The number of benzene rings is 3. The van der Waals surface area contributed by atoms with Crippen LogP contribution in [0.4, 0.5) is 16.2 Å². The molecule has 29 heavy (non-hydrogen) atoms. The first-order valence-corrected chi connectivity index (χ1v) is 9.69. The molecule has 0 aliphatic heterocycles. The minimum atomic E-state index is -0.539. The molecule has 0 saturated carbocycles. The van der Waals surface area contributed by atoms with Gasteiger partial charge in [0.05, 0.1) is 12.2 Å². The lowest BCUT2D eigenvalue weighted by molar-refractivity contribution is -0.121. The first kappa shape index (κ1) is 20.2. The molecule has 3 aromatic carbocycles. The summed E-state index contributed by atoms with van der Waals surface area (Å²) < 4.78 is 5.15. The van der Waals surface area contributed by atoms with Crippen LogP contribution in [0.15, 0.2) is 72.8 Å². The van der Waals surface area contributed by atoms with Crippen molar-refractivity contribution in [3.63, 3.8) is 0 Å². The number of anilines is 2. The van der Waals surface area contributed by atoms with E-state index in [1.165, 1.54) is 0 Å². The van der Waals surface area contributed by atoms with Gasteiger partial charge >= 0.3 is 6.09 Å². The van der Waals surface area contributed by atoms with E-state index in [4.69, 9.17) is 4.74 Å². The van der Waals surface area contributed by atoms with Crippen LogP contribution in [-0.2, 0) is 9.53 Å². The van der Waals surface area contributed by atoms with Crippen LogP contribution in [-0.4, -0.2) is 31.7 Å². The molecule has 0 heterocycles. The molecule has 0 spiro atoms. The first-order chi connectivity index (χ1) is 14.2. The van der Waals surface area contributed by atoms with Gasteiger partial charge in [0.2, 0.25) is 5.91 Å². The number of carbonyl (C=O) groups is 2. The molecule has 0 saturated heterocycles. The topological polar surface area (TPSA) is 79.5 Å². The Balaban J connectivity index is 1.29. The quantitative estimate of drug-likeness (QED) is 0.473. The molecule has 0 radical (unpaired) electrons. The molecule has 0 aliphatic carbocycles. The van der Waals surface area contributed by atoms with E-state index in [1.54, 1.807) is 0 Å². The SMILES string of the molecule is O=C(CCCNc1ccccc1)NCCOC(=O)Nc1cccc2ccccc12. The van der Waals surface area contributed by atoms with Crippen molar-refractivity contribution in [2.75, 3.05) is 30.3 Å². The molecule has 3 aromatic rings. The smallest absolute Gasteiger partial charge is 0.411 e. The number of para-hydroxylation sites is 1. The van der Waals surface area contributed by atoms with Crippen LogP contribution < -0.4 is 16.0 Å². The molecule has 0 aromatic heterocycles. The lowest BCUT2D eigenvalue weighted by Crippen LogP contribution is -2.29. The molecule has 6 nitrogen and oxygen atoms in total. The summed E-state index contributed by atoms with van der Waals surface area (Å²) in [6.45, 7) is 1.12. The lowest BCUT2D eigenvalue weighted by Gasteiger charge is -2.10. The zero-order valence-electron chi connectivity index (χ0n) is 16.2. The van der Waals surface area contributed by atoms with E-state index in [2.05, 4.69) is 16.0 Å². The normalized spacial score (nSPS) is 10.3. The van der Waals surface area contributed by atoms with Crippen LogP contribution in [0.5, 0.6) is 0 Å². The van der Waals surface area contributed by atoms with Crippen molar-refractivity contribution in [1.29, 1.82) is 0 Å². The second-order valence-electron chi connectivity index (χ2n) is 6.53. The molecular formula is C23H25N3O3. The van der Waals surface area contributed by atoms with Gasteiger partial charge in [0, 0.05) is 24.0 Å². The Kier molecular flexibility index (Phi) is 7.46. The fourth-order valence-electron chi connectivity index (χ4n) is 2.94. The zero-order valence-corrected chi connectivity index (χ0v) is 16.2. The highest BCUT2D eigenvalue weighted by Gasteiger charge is 2.07. The van der Waals surface area contributed by atoms with Gasteiger partial charge in [-0.15, -0.1) is 0 Å². The number of ether oxygens (including phenoxy) is 1. The average molecular weight is 391 g/mol. The molecule has 6 heteroatoms. The van der Waals surface area contributed by atoms with Crippen LogP contribution in [0.2, 0.25) is 0 Å². The Morgan fingerprint density at radius 1 is 0.828 bits per heavy atom. The molecule has 0 fully saturated rings. The molecule has 0 bridgehead atoms. The van der Waals surface area contributed by atoms with E-state index in [0.717, 1.165) is 29.4 Å². The van der Waals surface area contributed by atoms with Crippen LogP contribution in [0.3, 0.4) is 0 Å². The average Bonchev–Trinajstić information content (AvgIpc) is 2.75. The molecule has 3 rings (SSSR count). The standard InChI is InChI=1S/C23H25N3O3/c27-22(14-7-15-24-19-10-2-1-3-11-19)25-16-17-29-23(28)26-21-13-6-9-18-8-4-5-12-20(18)21/h1-6,8-13,24H,7,14-17H2,(H,25,27)(H,26,28). The minimum absolute atomic E-state index is 0.0575. The number of carbonyl (C=O) groups excluding carboxylic acids is 2. The summed E-state index contributed by atoms with van der Waals surface area (Å²) in [7, 11) is 0. The third-order valence-corrected chi connectivity index (χ3v) is 4.37. The van der Waals surface area contributed by atoms with E-state index >= 15 is 0 Å². The van der Waals surface area contributed by atoms with Crippen LogP contribution in [0, 0.1) is 0 Å². The van der Waals surface area contributed by atoms with Gasteiger partial charge in [-0.2, -0.15) is 0 Å². The Morgan fingerprint density at radius 3 is 2.45 bits per heavy atom. The molecule has 2 amide bonds. The van der Waals surface area contributed by atoms with Gasteiger partial charge in [0.15, 0.2) is 0 Å². The van der Waals surface area contributed by atoms with Crippen LogP contribution in [0.25, 0.3) is 10.8 Å². The maximum atomic E-state index is 12.0. The lowest BCUT2D eigenvalue weighted by atomic mass is 10.1. The van der Waals surface area contributed by atoms with E-state index in [1.807, 2.05) is 72.8 Å². The maximum absolute atomic E-state index is 12.0. The van der Waals surface area contributed by atoms with Gasteiger partial charge in [-0.1, -0.05) is 54.6 Å². The number of amides is 2. The van der Waals surface area contributed by atoms with Crippen molar-refractivity contribution < 1.29 is 14.3 Å². The fourth-order valence-corrected chi connectivity index (χ4v) is 2.94. The number of fused-ring (bicyclic) bond motifs is 1. The van der Waals surface area contributed by atoms with Gasteiger partial charge in [-0.05, 0) is 30.0 Å². The van der Waals surface area contributed by atoms with Crippen LogP contribution in [0.1, 0.15) is 12.8 Å². The Labute approximate surface area is 170 Å². The highest BCUT2D eigenvalue weighted by atomic mass is 16.5. The first-order valence-electron chi connectivity index (χ1n) is 9.69. The summed E-state index contributed by atoms with van der Waals surface area (Å²) in [5.74, 6) is -0.0575. The summed E-state index contributed by atoms with van der Waals surface area (Å²) in [4.78, 5) is 23.8. The van der Waals surface area contributed by atoms with E-state index in [0.29, 0.717) is 12.1 Å². The monoisotopic (exact) mass is 391 g/mol. The van der Waals surface area contributed by atoms with Crippen LogP contribution >= 0.6 is 0 Å². The van der Waals surface area contributed by atoms with Gasteiger partial charge < -0.3 is 15.4 Å². The molecule has 3 N–H and O–H groups in total. The third-order valence-electron chi connectivity index (χ3n) is 4.37. The third kappa shape index (κ3) is 6.53. The summed E-state index contributed by atoms with van der Waals surface area (Å²) in [5.41, 5.74) is 1.74. The number of hydrogen-bond donors (Lipinski definition) is 3. The van der Waals surface area contributed by atoms with Crippen molar-refractivity contribution in [3.8, 4) is 0 Å². The Hall–Kier alpha value is -3.54. The second kappa shape index (κ2) is 10.7. The van der Waals surface area contributed by atoms with Crippen molar-refractivity contribution in [3.05, 3.63) is 72.8 Å². The highest BCUT2D eigenvalue weighted by molar-refractivity contribution is 6.00. The van der Waals surface area contributed by atoms with Crippen molar-refractivity contribution in [1.82, 2.24) is 5.32 Å². The van der Waals surface area contributed by atoms with Crippen molar-refractivity contribution >= 4 is 34.1 Å². The number of nitrogens with one attached hydrogen (secondary N) is 3. The summed E-state index contributed by atoms with van der Waals surface area (Å²) >= 11 is 0. The molecular weight excluding hydrogens is 366 g/mol. The van der Waals surface area contributed by atoms with E-state index in [9.17, 15) is 9.59 Å². The van der Waals surface area contributed by atoms with Gasteiger partial charge in [-0.3, -0.25) is 10.1 Å². The van der Waals surface area contributed by atoms with Gasteiger partial charge in [0.1, 0.15) is 6.61 Å². The zero-order chi connectivity index (χ0) is 20.3. The fraction of sp³-hybridized carbons (Fsp3) is 0.217. The minimum Gasteiger partial charge on any atom is -0.447 e. The van der Waals surface area contributed by atoms with Gasteiger partial charge in [-0.25, -0.2) is 4.79 Å². The Morgan fingerprint density at radius 2 is 1.59 bits per heavy atom. The summed E-state index contributed by atoms with van der Waals surface area (Å²) in [5, 5.41) is 10.8. The van der Waals surface area contributed by atoms with Crippen molar-refractivity contribution in [2.45, 2.75) is 12.8 Å². The number of hydrogen-bond acceptors (Lipinski definition) is 4. The molecule has 0 aliphatic rings. The molecule has 0 unspecified atom stereocenters. The predicted octanol–water partition coefficient (Wildman–Crippen LogP) is 4.40. The highest BCUT2D eigenvalue weighted by Crippen LogP contribution is 2.22. The maximum Gasteiger partial charge on any atom is 0.411 e. The largest absolute Gasteiger partial charge is 0.447 e. The number of rotatable bonds is 9. The van der Waals surface area contributed by atoms with Gasteiger partial charge in [0.25, 0.3) is 0 Å². The summed E-state index contributed by atoms with van der Waals surface area (Å²) in [6.07, 6.45) is 0.605. The second-order valence-corrected chi connectivity index (χ2v) is 6.53. The molecule has 150 valence electrons.